The highest BCUT2D eigenvalue weighted by Crippen LogP contribution is 2.24. The normalized spacial score (nSPS) is 10.5. The number of alkyl halides is 3. The van der Waals surface area contributed by atoms with Crippen LogP contribution in [0.5, 0.6) is 0 Å². The van der Waals surface area contributed by atoms with Gasteiger partial charge in [0.25, 0.3) is 6.43 Å². The fourth-order valence-electron chi connectivity index (χ4n) is 1.05. The van der Waals surface area contributed by atoms with Gasteiger partial charge in [0.1, 0.15) is 0 Å². The Morgan fingerprint density at radius 1 is 1.67 bits per heavy atom. The SMILES string of the molecule is COC(=O)c1cnc(CCl)cc1C(F)F. The third-order valence-corrected chi connectivity index (χ3v) is 2.04. The van der Waals surface area contributed by atoms with Gasteiger partial charge in [-0.2, -0.15) is 0 Å². The summed E-state index contributed by atoms with van der Waals surface area (Å²) in [5, 5.41) is 0. The molecule has 0 aromatic carbocycles. The Labute approximate surface area is 90.0 Å². The maximum Gasteiger partial charge on any atom is 0.339 e. The number of pyridine rings is 1. The van der Waals surface area contributed by atoms with Gasteiger partial charge in [-0.3, -0.25) is 4.98 Å². The molecule has 1 heterocycles. The van der Waals surface area contributed by atoms with Crippen LogP contribution in [0.3, 0.4) is 0 Å². The average molecular weight is 236 g/mol. The fourth-order valence-corrected chi connectivity index (χ4v) is 1.20. The highest BCUT2D eigenvalue weighted by molar-refractivity contribution is 6.16. The van der Waals surface area contributed by atoms with Crippen molar-refractivity contribution in [2.24, 2.45) is 0 Å². The van der Waals surface area contributed by atoms with Gasteiger partial charge in [0.15, 0.2) is 0 Å². The molecule has 0 aliphatic heterocycles. The number of hydrogen-bond donors (Lipinski definition) is 0. The second-order valence-electron chi connectivity index (χ2n) is 2.69. The summed E-state index contributed by atoms with van der Waals surface area (Å²) in [6, 6.07) is 1.10. The van der Waals surface area contributed by atoms with E-state index in [0.717, 1.165) is 19.4 Å². The number of halogens is 3. The van der Waals surface area contributed by atoms with Crippen LogP contribution < -0.4 is 0 Å². The maximum absolute atomic E-state index is 12.6. The Balaban J connectivity index is 3.21. The van der Waals surface area contributed by atoms with E-state index < -0.39 is 18.0 Å². The zero-order valence-electron chi connectivity index (χ0n) is 7.84. The summed E-state index contributed by atoms with van der Waals surface area (Å²) in [5.74, 6) is -0.819. The monoisotopic (exact) mass is 235 g/mol. The van der Waals surface area contributed by atoms with Crippen molar-refractivity contribution < 1.29 is 18.3 Å². The van der Waals surface area contributed by atoms with Crippen molar-refractivity contribution >= 4 is 17.6 Å². The summed E-state index contributed by atoms with van der Waals surface area (Å²) in [5.41, 5.74) is -0.353. The van der Waals surface area contributed by atoms with Crippen LogP contribution in [-0.2, 0) is 10.6 Å². The molecule has 0 N–H and O–H groups in total. The first-order valence-corrected chi connectivity index (χ1v) is 4.54. The highest BCUT2D eigenvalue weighted by atomic mass is 35.5. The van der Waals surface area contributed by atoms with E-state index in [-0.39, 0.29) is 11.4 Å². The van der Waals surface area contributed by atoms with Gasteiger partial charge < -0.3 is 4.74 Å². The van der Waals surface area contributed by atoms with E-state index in [0.29, 0.717) is 5.69 Å². The van der Waals surface area contributed by atoms with E-state index in [9.17, 15) is 13.6 Å². The van der Waals surface area contributed by atoms with Crippen LogP contribution in [0.2, 0.25) is 0 Å². The number of aromatic nitrogens is 1. The van der Waals surface area contributed by atoms with Gasteiger partial charge in [-0.1, -0.05) is 0 Å². The molecule has 0 aliphatic rings. The summed E-state index contributed by atoms with van der Waals surface area (Å²) in [6.45, 7) is 0. The molecule has 0 saturated carbocycles. The van der Waals surface area contributed by atoms with E-state index in [2.05, 4.69) is 9.72 Å². The van der Waals surface area contributed by atoms with Crippen LogP contribution in [0.4, 0.5) is 8.78 Å². The van der Waals surface area contributed by atoms with Gasteiger partial charge in [-0.15, -0.1) is 11.6 Å². The first-order chi connectivity index (χ1) is 7.10. The van der Waals surface area contributed by atoms with Crippen molar-refractivity contribution in [1.29, 1.82) is 0 Å². The molecule has 0 aliphatic carbocycles. The number of ether oxygens (including phenoxy) is 1. The first-order valence-electron chi connectivity index (χ1n) is 4.01. The molecule has 0 saturated heterocycles. The van der Waals surface area contributed by atoms with Gasteiger partial charge in [0.05, 0.1) is 24.2 Å². The molecule has 6 heteroatoms. The molecule has 0 unspecified atom stereocenters. The summed E-state index contributed by atoms with van der Waals surface area (Å²) in [4.78, 5) is 14.9. The maximum atomic E-state index is 12.6. The molecule has 3 nitrogen and oxygen atoms in total. The smallest absolute Gasteiger partial charge is 0.339 e. The third-order valence-electron chi connectivity index (χ3n) is 1.77. The molecule has 0 fully saturated rings. The number of carbonyl (C=O) groups is 1. The molecular formula is C9H8ClF2NO2. The van der Waals surface area contributed by atoms with Crippen LogP contribution >= 0.6 is 11.6 Å². The van der Waals surface area contributed by atoms with Crippen molar-refractivity contribution in [3.63, 3.8) is 0 Å². The lowest BCUT2D eigenvalue weighted by Crippen LogP contribution is -2.08. The summed E-state index contributed by atoms with van der Waals surface area (Å²) >= 11 is 5.45. The number of esters is 1. The molecule has 0 amide bonds. The van der Waals surface area contributed by atoms with Gasteiger partial charge >= 0.3 is 5.97 Å². The Kier molecular flexibility index (Phi) is 3.96. The Morgan fingerprint density at radius 2 is 2.33 bits per heavy atom. The molecule has 15 heavy (non-hydrogen) atoms. The topological polar surface area (TPSA) is 39.2 Å². The number of hydrogen-bond acceptors (Lipinski definition) is 3. The minimum atomic E-state index is -2.76. The van der Waals surface area contributed by atoms with Crippen LogP contribution in [0.25, 0.3) is 0 Å². The van der Waals surface area contributed by atoms with Crippen LogP contribution in [0, 0.1) is 0 Å². The molecule has 0 spiro atoms. The van der Waals surface area contributed by atoms with Crippen molar-refractivity contribution in [2.75, 3.05) is 7.11 Å². The number of rotatable bonds is 3. The standard InChI is InChI=1S/C9H8ClF2NO2/c1-15-9(14)7-4-13-5(3-10)2-6(7)8(11)12/h2,4,8H,3H2,1H3. The predicted molar refractivity (Wildman–Crippen MR) is 50.1 cm³/mol. The van der Waals surface area contributed by atoms with Crippen LogP contribution in [0.15, 0.2) is 12.3 Å². The molecule has 1 aromatic rings. The molecule has 0 atom stereocenters. The number of methoxy groups -OCH3 is 1. The summed E-state index contributed by atoms with van der Waals surface area (Å²) < 4.78 is 29.5. The fraction of sp³-hybridized carbons (Fsp3) is 0.333. The molecular weight excluding hydrogens is 228 g/mol. The van der Waals surface area contributed by atoms with E-state index in [4.69, 9.17) is 11.6 Å². The number of carbonyl (C=O) groups excluding carboxylic acids is 1. The minimum absolute atomic E-state index is 0.0151. The van der Waals surface area contributed by atoms with Crippen LogP contribution in [-0.4, -0.2) is 18.1 Å². The van der Waals surface area contributed by atoms with Crippen molar-refractivity contribution in [2.45, 2.75) is 12.3 Å². The van der Waals surface area contributed by atoms with E-state index in [1.807, 2.05) is 0 Å². The second-order valence-corrected chi connectivity index (χ2v) is 2.96. The third kappa shape index (κ3) is 2.62. The Morgan fingerprint density at radius 3 is 2.80 bits per heavy atom. The van der Waals surface area contributed by atoms with Crippen LogP contribution in [0.1, 0.15) is 28.0 Å². The molecule has 82 valence electrons. The summed E-state index contributed by atoms with van der Waals surface area (Å²) in [6.07, 6.45) is -1.71. The Bertz CT molecular complexity index is 371. The molecule has 1 rings (SSSR count). The predicted octanol–water partition coefficient (Wildman–Crippen LogP) is 2.54. The lowest BCUT2D eigenvalue weighted by Gasteiger charge is -2.07. The lowest BCUT2D eigenvalue weighted by atomic mass is 10.1. The number of nitrogens with zero attached hydrogens (tertiary/aromatic N) is 1. The quantitative estimate of drug-likeness (QED) is 0.597. The first kappa shape index (κ1) is 11.8. The second kappa shape index (κ2) is 5.02. The van der Waals surface area contributed by atoms with Gasteiger partial charge in [-0.25, -0.2) is 13.6 Å². The summed E-state index contributed by atoms with van der Waals surface area (Å²) in [7, 11) is 1.12. The largest absolute Gasteiger partial charge is 0.465 e. The minimum Gasteiger partial charge on any atom is -0.465 e. The zero-order chi connectivity index (χ0) is 11.4. The molecule has 0 bridgehead atoms. The molecule has 1 aromatic heterocycles. The van der Waals surface area contributed by atoms with Gasteiger partial charge in [-0.05, 0) is 6.07 Å². The zero-order valence-corrected chi connectivity index (χ0v) is 8.59. The highest BCUT2D eigenvalue weighted by Gasteiger charge is 2.19. The molecule has 0 radical (unpaired) electrons. The average Bonchev–Trinajstić information content (AvgIpc) is 2.27. The van der Waals surface area contributed by atoms with E-state index in [1.54, 1.807) is 0 Å². The van der Waals surface area contributed by atoms with Crippen molar-refractivity contribution in [3.05, 3.63) is 29.1 Å². The Hall–Kier alpha value is -1.23. The van der Waals surface area contributed by atoms with Crippen molar-refractivity contribution in [3.8, 4) is 0 Å². The van der Waals surface area contributed by atoms with E-state index >= 15 is 0 Å². The lowest BCUT2D eigenvalue weighted by molar-refractivity contribution is 0.0588. The van der Waals surface area contributed by atoms with Crippen molar-refractivity contribution in [1.82, 2.24) is 4.98 Å². The van der Waals surface area contributed by atoms with Gasteiger partial charge in [0.2, 0.25) is 0 Å². The van der Waals surface area contributed by atoms with E-state index in [1.165, 1.54) is 0 Å². The van der Waals surface area contributed by atoms with Gasteiger partial charge in [0, 0.05) is 11.8 Å².